The predicted octanol–water partition coefficient (Wildman–Crippen LogP) is 7.11. The minimum absolute atomic E-state index is 0.339. The molecule has 5 heteroatoms. The fourth-order valence-electron chi connectivity index (χ4n) is 2.96. The third-order valence-corrected chi connectivity index (χ3v) is 5.42. The van der Waals surface area contributed by atoms with Crippen LogP contribution in [0.15, 0.2) is 34.3 Å². The van der Waals surface area contributed by atoms with Gasteiger partial charge in [-0.05, 0) is 18.4 Å². The number of aliphatic carboxylic acids is 1. The standard InChI is InChI=1S/C22H30Cl2O3/c1-2-3-4-5-6-7-8-9-10-11-12-17-13-15-18(16-14-17)21(25)19(23)20(24)22(26)27/h13-16H,2-12H2,1H3,(H,26,27)/b20-19-. The lowest BCUT2D eigenvalue weighted by Crippen LogP contribution is -2.05. The Balaban J connectivity index is 2.28. The Hall–Kier alpha value is -1.32. The number of rotatable bonds is 14. The molecule has 0 saturated heterocycles. The average Bonchev–Trinajstić information content (AvgIpc) is 2.68. The third-order valence-electron chi connectivity index (χ3n) is 4.61. The molecule has 0 aromatic heterocycles. The van der Waals surface area contributed by atoms with Crippen molar-refractivity contribution >= 4 is 35.0 Å². The highest BCUT2D eigenvalue weighted by Crippen LogP contribution is 2.20. The quantitative estimate of drug-likeness (QED) is 0.201. The summed E-state index contributed by atoms with van der Waals surface area (Å²) in [4.78, 5) is 22.9. The summed E-state index contributed by atoms with van der Waals surface area (Å²) in [6.07, 6.45) is 14.0. The van der Waals surface area contributed by atoms with Crippen molar-refractivity contribution in [3.63, 3.8) is 0 Å². The van der Waals surface area contributed by atoms with Crippen LogP contribution in [0.3, 0.4) is 0 Å². The first-order valence-electron chi connectivity index (χ1n) is 9.89. The highest BCUT2D eigenvalue weighted by molar-refractivity contribution is 6.54. The van der Waals surface area contributed by atoms with Crippen molar-refractivity contribution in [2.75, 3.05) is 0 Å². The third kappa shape index (κ3) is 9.44. The SMILES string of the molecule is CCCCCCCCCCCCc1ccc(C(=O)/C(Cl)=C(/Cl)C(=O)O)cc1. The second kappa shape index (κ2) is 13.8. The van der Waals surface area contributed by atoms with Gasteiger partial charge in [0.25, 0.3) is 0 Å². The molecular formula is C22H30Cl2O3. The second-order valence-electron chi connectivity index (χ2n) is 6.89. The van der Waals surface area contributed by atoms with Gasteiger partial charge >= 0.3 is 5.97 Å². The van der Waals surface area contributed by atoms with Crippen LogP contribution in [0.2, 0.25) is 0 Å². The van der Waals surface area contributed by atoms with Crippen molar-refractivity contribution in [3.05, 3.63) is 45.5 Å². The van der Waals surface area contributed by atoms with Gasteiger partial charge in [0, 0.05) is 5.56 Å². The maximum atomic E-state index is 12.1. The van der Waals surface area contributed by atoms with Crippen LogP contribution >= 0.6 is 23.2 Å². The monoisotopic (exact) mass is 412 g/mol. The normalized spacial score (nSPS) is 12.0. The van der Waals surface area contributed by atoms with Crippen molar-refractivity contribution in [1.29, 1.82) is 0 Å². The lowest BCUT2D eigenvalue weighted by Gasteiger charge is -2.05. The summed E-state index contributed by atoms with van der Waals surface area (Å²) in [5.74, 6) is -1.98. The smallest absolute Gasteiger partial charge is 0.349 e. The molecule has 0 aliphatic heterocycles. The maximum absolute atomic E-state index is 12.1. The summed E-state index contributed by atoms with van der Waals surface area (Å²) in [7, 11) is 0. The van der Waals surface area contributed by atoms with Gasteiger partial charge in [0.15, 0.2) is 0 Å². The number of halogens is 2. The summed E-state index contributed by atoms with van der Waals surface area (Å²) in [5, 5.41) is 7.67. The molecule has 1 aromatic carbocycles. The summed E-state index contributed by atoms with van der Waals surface area (Å²) >= 11 is 11.3. The molecule has 0 aliphatic rings. The van der Waals surface area contributed by atoms with Crippen LogP contribution < -0.4 is 0 Å². The van der Waals surface area contributed by atoms with Crippen molar-refractivity contribution in [2.45, 2.75) is 77.6 Å². The van der Waals surface area contributed by atoms with E-state index in [9.17, 15) is 9.59 Å². The van der Waals surface area contributed by atoms with Gasteiger partial charge in [-0.2, -0.15) is 0 Å². The Morgan fingerprint density at radius 3 is 1.74 bits per heavy atom. The number of carbonyl (C=O) groups is 2. The number of allylic oxidation sites excluding steroid dienone is 1. The fraction of sp³-hybridized carbons (Fsp3) is 0.545. The number of carboxylic acid groups (broad SMARTS) is 1. The number of hydrogen-bond donors (Lipinski definition) is 1. The molecule has 0 radical (unpaired) electrons. The summed E-state index contributed by atoms with van der Waals surface area (Å²) in [6.45, 7) is 2.24. The molecule has 0 unspecified atom stereocenters. The van der Waals surface area contributed by atoms with E-state index in [1.807, 2.05) is 12.1 Å². The molecule has 1 aromatic rings. The summed E-state index contributed by atoms with van der Waals surface area (Å²) < 4.78 is 0. The molecule has 0 heterocycles. The van der Waals surface area contributed by atoms with E-state index in [1.165, 1.54) is 57.8 Å². The van der Waals surface area contributed by atoms with Gasteiger partial charge in [0.05, 0.1) is 0 Å². The topological polar surface area (TPSA) is 54.4 Å². The van der Waals surface area contributed by atoms with Crippen LogP contribution in [-0.4, -0.2) is 16.9 Å². The zero-order valence-corrected chi connectivity index (χ0v) is 17.6. The Kier molecular flexibility index (Phi) is 12.1. The highest BCUT2D eigenvalue weighted by atomic mass is 35.5. The maximum Gasteiger partial charge on any atom is 0.349 e. The molecule has 0 spiro atoms. The molecule has 0 amide bonds. The van der Waals surface area contributed by atoms with E-state index in [0.29, 0.717) is 5.56 Å². The molecule has 0 atom stereocenters. The Bertz CT molecular complexity index is 621. The zero-order chi connectivity index (χ0) is 20.1. The number of Topliss-reactive ketones (excluding diaryl/α,β-unsaturated/α-hetero) is 1. The van der Waals surface area contributed by atoms with E-state index in [0.717, 1.165) is 18.4 Å². The van der Waals surface area contributed by atoms with Crippen LogP contribution in [0.4, 0.5) is 0 Å². The number of carbonyl (C=O) groups excluding carboxylic acids is 1. The van der Waals surface area contributed by atoms with E-state index in [4.69, 9.17) is 28.3 Å². The van der Waals surface area contributed by atoms with E-state index in [-0.39, 0.29) is 0 Å². The van der Waals surface area contributed by atoms with Gasteiger partial charge in [-0.3, -0.25) is 4.79 Å². The first kappa shape index (κ1) is 23.7. The number of aryl methyl sites for hydroxylation is 1. The van der Waals surface area contributed by atoms with Gasteiger partial charge in [-0.1, -0.05) is 112 Å². The summed E-state index contributed by atoms with van der Waals surface area (Å²) in [6, 6.07) is 7.12. The molecule has 0 saturated carbocycles. The van der Waals surface area contributed by atoms with E-state index < -0.39 is 21.8 Å². The Morgan fingerprint density at radius 1 is 0.778 bits per heavy atom. The molecule has 150 valence electrons. The number of benzene rings is 1. The molecule has 0 bridgehead atoms. The second-order valence-corrected chi connectivity index (χ2v) is 7.65. The van der Waals surface area contributed by atoms with Crippen LogP contribution in [0.1, 0.15) is 87.1 Å². The van der Waals surface area contributed by atoms with Crippen molar-refractivity contribution in [2.24, 2.45) is 0 Å². The lowest BCUT2D eigenvalue weighted by molar-refractivity contribution is -0.131. The Labute approximate surface area is 172 Å². The van der Waals surface area contributed by atoms with Crippen molar-refractivity contribution in [1.82, 2.24) is 0 Å². The van der Waals surface area contributed by atoms with E-state index in [1.54, 1.807) is 12.1 Å². The minimum atomic E-state index is -1.41. The number of ketones is 1. The van der Waals surface area contributed by atoms with E-state index >= 15 is 0 Å². The fourth-order valence-corrected chi connectivity index (χ4v) is 3.24. The molecule has 0 fully saturated rings. The molecular weight excluding hydrogens is 383 g/mol. The number of hydrogen-bond acceptors (Lipinski definition) is 2. The van der Waals surface area contributed by atoms with Crippen LogP contribution in [0, 0.1) is 0 Å². The molecule has 27 heavy (non-hydrogen) atoms. The predicted molar refractivity (Wildman–Crippen MR) is 113 cm³/mol. The first-order chi connectivity index (χ1) is 13.0. The molecule has 3 nitrogen and oxygen atoms in total. The molecule has 1 N–H and O–H groups in total. The van der Waals surface area contributed by atoms with Gasteiger partial charge < -0.3 is 5.11 Å². The van der Waals surface area contributed by atoms with Crippen molar-refractivity contribution in [3.8, 4) is 0 Å². The highest BCUT2D eigenvalue weighted by Gasteiger charge is 2.18. The first-order valence-corrected chi connectivity index (χ1v) is 10.6. The summed E-state index contributed by atoms with van der Waals surface area (Å²) in [5.41, 5.74) is 1.50. The van der Waals surface area contributed by atoms with Crippen LogP contribution in [0.25, 0.3) is 0 Å². The molecule has 0 aliphatic carbocycles. The zero-order valence-electron chi connectivity index (χ0n) is 16.1. The van der Waals surface area contributed by atoms with Crippen LogP contribution in [0.5, 0.6) is 0 Å². The van der Waals surface area contributed by atoms with E-state index in [2.05, 4.69) is 6.92 Å². The van der Waals surface area contributed by atoms with Crippen LogP contribution in [-0.2, 0) is 11.2 Å². The van der Waals surface area contributed by atoms with Gasteiger partial charge in [0.1, 0.15) is 10.1 Å². The largest absolute Gasteiger partial charge is 0.477 e. The Morgan fingerprint density at radius 2 is 1.26 bits per heavy atom. The molecule has 1 rings (SSSR count). The van der Waals surface area contributed by atoms with Gasteiger partial charge in [-0.15, -0.1) is 0 Å². The minimum Gasteiger partial charge on any atom is -0.477 e. The van der Waals surface area contributed by atoms with Gasteiger partial charge in [-0.25, -0.2) is 4.79 Å². The van der Waals surface area contributed by atoms with Crippen molar-refractivity contribution < 1.29 is 14.7 Å². The van der Waals surface area contributed by atoms with Gasteiger partial charge in [0.2, 0.25) is 5.78 Å². The number of unbranched alkanes of at least 4 members (excludes halogenated alkanes) is 9. The lowest BCUT2D eigenvalue weighted by atomic mass is 10.0. The average molecular weight is 413 g/mol. The number of carboxylic acids is 1.